The number of benzene rings is 2. The Morgan fingerprint density at radius 2 is 1.81 bits per heavy atom. The molecule has 0 aliphatic carbocycles. The van der Waals surface area contributed by atoms with Crippen LogP contribution in [0.25, 0.3) is 0 Å². The molecule has 0 amide bonds. The molecule has 1 unspecified atom stereocenters. The molecule has 0 heterocycles. The number of anilines is 1. The van der Waals surface area contributed by atoms with E-state index in [2.05, 4.69) is 5.32 Å². The number of rotatable bonds is 6. The van der Waals surface area contributed by atoms with Crippen molar-refractivity contribution in [2.24, 2.45) is 5.73 Å². The molecule has 0 aromatic heterocycles. The Kier molecular flexibility index (Phi) is 5.31. The van der Waals surface area contributed by atoms with Crippen molar-refractivity contribution in [3.8, 4) is 11.5 Å². The van der Waals surface area contributed by atoms with Gasteiger partial charge in [0.2, 0.25) is 0 Å². The molecule has 0 spiro atoms. The molecule has 2 rings (SSSR count). The van der Waals surface area contributed by atoms with Gasteiger partial charge < -0.3 is 20.5 Å². The molecular formula is C16H19ClN2O2. The van der Waals surface area contributed by atoms with Crippen LogP contribution in [0.5, 0.6) is 11.5 Å². The molecule has 0 aliphatic rings. The zero-order valence-electron chi connectivity index (χ0n) is 12.1. The monoisotopic (exact) mass is 306 g/mol. The van der Waals surface area contributed by atoms with Crippen LogP contribution in [-0.4, -0.2) is 20.8 Å². The fourth-order valence-corrected chi connectivity index (χ4v) is 2.24. The van der Waals surface area contributed by atoms with Crippen molar-refractivity contribution in [1.29, 1.82) is 0 Å². The van der Waals surface area contributed by atoms with E-state index in [0.29, 0.717) is 11.6 Å². The van der Waals surface area contributed by atoms with E-state index in [1.54, 1.807) is 14.2 Å². The lowest BCUT2D eigenvalue weighted by atomic mass is 10.0. The van der Waals surface area contributed by atoms with E-state index in [4.69, 9.17) is 26.8 Å². The van der Waals surface area contributed by atoms with E-state index < -0.39 is 0 Å². The largest absolute Gasteiger partial charge is 0.497 e. The van der Waals surface area contributed by atoms with Crippen LogP contribution in [0.3, 0.4) is 0 Å². The maximum atomic E-state index is 5.90. The van der Waals surface area contributed by atoms with Gasteiger partial charge in [-0.25, -0.2) is 0 Å². The third kappa shape index (κ3) is 3.80. The highest BCUT2D eigenvalue weighted by molar-refractivity contribution is 6.30. The number of halogens is 1. The maximum Gasteiger partial charge on any atom is 0.127 e. The van der Waals surface area contributed by atoms with Crippen LogP contribution in [0.15, 0.2) is 42.5 Å². The molecule has 5 heteroatoms. The molecule has 1 atom stereocenters. The fraction of sp³-hybridized carbons (Fsp3) is 0.250. The van der Waals surface area contributed by atoms with E-state index >= 15 is 0 Å². The average Bonchev–Trinajstić information content (AvgIpc) is 2.53. The van der Waals surface area contributed by atoms with Gasteiger partial charge in [0.15, 0.2) is 0 Å². The molecule has 112 valence electrons. The van der Waals surface area contributed by atoms with Crippen LogP contribution in [0.2, 0.25) is 5.02 Å². The Labute approximate surface area is 129 Å². The van der Waals surface area contributed by atoms with Gasteiger partial charge in [-0.1, -0.05) is 11.6 Å². The van der Waals surface area contributed by atoms with Crippen LogP contribution in [0.1, 0.15) is 11.6 Å². The number of nitrogens with two attached hydrogens (primary N) is 1. The van der Waals surface area contributed by atoms with Gasteiger partial charge in [0.05, 0.1) is 20.3 Å². The van der Waals surface area contributed by atoms with Crippen LogP contribution in [0.4, 0.5) is 5.69 Å². The summed E-state index contributed by atoms with van der Waals surface area (Å²) in [5, 5.41) is 4.08. The summed E-state index contributed by atoms with van der Waals surface area (Å²) < 4.78 is 10.6. The van der Waals surface area contributed by atoms with E-state index in [1.807, 2.05) is 42.5 Å². The van der Waals surface area contributed by atoms with Crippen molar-refractivity contribution < 1.29 is 9.47 Å². The summed E-state index contributed by atoms with van der Waals surface area (Å²) >= 11 is 5.89. The Morgan fingerprint density at radius 1 is 1.10 bits per heavy atom. The molecule has 0 saturated heterocycles. The quantitative estimate of drug-likeness (QED) is 0.858. The Morgan fingerprint density at radius 3 is 2.38 bits per heavy atom. The average molecular weight is 307 g/mol. The number of hydrogen-bond donors (Lipinski definition) is 2. The minimum Gasteiger partial charge on any atom is -0.497 e. The van der Waals surface area contributed by atoms with Crippen LogP contribution < -0.4 is 20.5 Å². The van der Waals surface area contributed by atoms with Gasteiger partial charge in [0, 0.05) is 28.9 Å². The molecule has 0 fully saturated rings. The van der Waals surface area contributed by atoms with Gasteiger partial charge in [-0.2, -0.15) is 0 Å². The predicted molar refractivity (Wildman–Crippen MR) is 86.4 cm³/mol. The first-order valence-corrected chi connectivity index (χ1v) is 6.99. The lowest BCUT2D eigenvalue weighted by Gasteiger charge is -2.21. The summed E-state index contributed by atoms with van der Waals surface area (Å²) in [6.07, 6.45) is 0. The molecule has 4 nitrogen and oxygen atoms in total. The zero-order chi connectivity index (χ0) is 15.2. The highest BCUT2D eigenvalue weighted by atomic mass is 35.5. The standard InChI is InChI=1S/C16H19ClN2O2/c1-20-13-7-8-14(16(9-13)21-2)15(10-18)19-12-5-3-11(17)4-6-12/h3-9,15,19H,10,18H2,1-2H3. The zero-order valence-corrected chi connectivity index (χ0v) is 12.9. The molecular weight excluding hydrogens is 288 g/mol. The van der Waals surface area contributed by atoms with E-state index in [-0.39, 0.29) is 6.04 Å². The summed E-state index contributed by atoms with van der Waals surface area (Å²) in [5.41, 5.74) is 7.84. The van der Waals surface area contributed by atoms with Crippen molar-refractivity contribution in [1.82, 2.24) is 0 Å². The van der Waals surface area contributed by atoms with Gasteiger partial charge in [-0.3, -0.25) is 0 Å². The van der Waals surface area contributed by atoms with Gasteiger partial charge in [0.25, 0.3) is 0 Å². The third-order valence-corrected chi connectivity index (χ3v) is 3.49. The molecule has 2 aromatic rings. The third-order valence-electron chi connectivity index (χ3n) is 3.24. The molecule has 21 heavy (non-hydrogen) atoms. The topological polar surface area (TPSA) is 56.5 Å². The number of methoxy groups -OCH3 is 2. The Balaban J connectivity index is 2.26. The van der Waals surface area contributed by atoms with Crippen LogP contribution >= 0.6 is 11.6 Å². The van der Waals surface area contributed by atoms with Crippen molar-refractivity contribution in [2.45, 2.75) is 6.04 Å². The Hall–Kier alpha value is -1.91. The van der Waals surface area contributed by atoms with Gasteiger partial charge >= 0.3 is 0 Å². The van der Waals surface area contributed by atoms with Crippen LogP contribution in [0, 0.1) is 0 Å². The second-order valence-corrected chi connectivity index (χ2v) is 4.98. The van der Waals surface area contributed by atoms with E-state index in [0.717, 1.165) is 22.7 Å². The van der Waals surface area contributed by atoms with Crippen molar-refractivity contribution in [2.75, 3.05) is 26.1 Å². The van der Waals surface area contributed by atoms with Gasteiger partial charge in [-0.05, 0) is 36.4 Å². The summed E-state index contributed by atoms with van der Waals surface area (Å²) in [6, 6.07) is 13.1. The van der Waals surface area contributed by atoms with E-state index in [1.165, 1.54) is 0 Å². The Bertz CT molecular complexity index is 587. The minimum absolute atomic E-state index is 0.0629. The van der Waals surface area contributed by atoms with Gasteiger partial charge in [-0.15, -0.1) is 0 Å². The molecule has 0 aliphatic heterocycles. The lowest BCUT2D eigenvalue weighted by Crippen LogP contribution is -2.21. The SMILES string of the molecule is COc1ccc(C(CN)Nc2ccc(Cl)cc2)c(OC)c1. The second-order valence-electron chi connectivity index (χ2n) is 4.55. The summed E-state index contributed by atoms with van der Waals surface area (Å²) in [6.45, 7) is 0.436. The fourth-order valence-electron chi connectivity index (χ4n) is 2.12. The number of hydrogen-bond acceptors (Lipinski definition) is 4. The van der Waals surface area contributed by atoms with E-state index in [9.17, 15) is 0 Å². The maximum absolute atomic E-state index is 5.90. The predicted octanol–water partition coefficient (Wildman–Crippen LogP) is 3.47. The molecule has 0 radical (unpaired) electrons. The smallest absolute Gasteiger partial charge is 0.127 e. The van der Waals surface area contributed by atoms with Gasteiger partial charge in [0.1, 0.15) is 11.5 Å². The number of nitrogens with one attached hydrogen (secondary N) is 1. The summed E-state index contributed by atoms with van der Waals surface area (Å²) in [5.74, 6) is 1.49. The number of ether oxygens (including phenoxy) is 2. The lowest BCUT2D eigenvalue weighted by molar-refractivity contribution is 0.389. The molecule has 3 N–H and O–H groups in total. The van der Waals surface area contributed by atoms with Crippen molar-refractivity contribution >= 4 is 17.3 Å². The van der Waals surface area contributed by atoms with Crippen LogP contribution in [-0.2, 0) is 0 Å². The summed E-state index contributed by atoms with van der Waals surface area (Å²) in [4.78, 5) is 0. The first-order valence-electron chi connectivity index (χ1n) is 6.62. The molecule has 2 aromatic carbocycles. The minimum atomic E-state index is -0.0629. The molecule has 0 bridgehead atoms. The first kappa shape index (κ1) is 15.5. The normalized spacial score (nSPS) is 11.8. The highest BCUT2D eigenvalue weighted by Gasteiger charge is 2.15. The second kappa shape index (κ2) is 7.20. The highest BCUT2D eigenvalue weighted by Crippen LogP contribution is 2.31. The first-order chi connectivity index (χ1) is 10.2. The molecule has 0 saturated carbocycles. The summed E-state index contributed by atoms with van der Waals surface area (Å²) in [7, 11) is 3.26. The van der Waals surface area contributed by atoms with Crippen molar-refractivity contribution in [3.63, 3.8) is 0 Å². The van der Waals surface area contributed by atoms with Crippen molar-refractivity contribution in [3.05, 3.63) is 53.1 Å².